The zero-order chi connectivity index (χ0) is 15.0. The predicted octanol–water partition coefficient (Wildman–Crippen LogP) is 4.12. The molecule has 3 rings (SSSR count). The van der Waals surface area contributed by atoms with Crippen molar-refractivity contribution < 1.29 is 8.78 Å². The second-order valence-electron chi connectivity index (χ2n) is 5.46. The second kappa shape index (κ2) is 5.85. The molecule has 0 aliphatic carbocycles. The summed E-state index contributed by atoms with van der Waals surface area (Å²) < 4.78 is 29.4. The molecule has 1 aliphatic rings. The summed E-state index contributed by atoms with van der Waals surface area (Å²) in [5.74, 6) is -1.21. The summed E-state index contributed by atoms with van der Waals surface area (Å²) in [4.78, 5) is 4.14. The van der Waals surface area contributed by atoms with Crippen LogP contribution < -0.4 is 5.32 Å². The monoisotopic (exact) mass is 355 g/mol. The lowest BCUT2D eigenvalue weighted by molar-refractivity contribution is 0.334. The van der Waals surface area contributed by atoms with E-state index in [4.69, 9.17) is 0 Å². The lowest BCUT2D eigenvalue weighted by atomic mass is 9.97. The van der Waals surface area contributed by atoms with Crippen LogP contribution in [0, 0.1) is 11.6 Å². The van der Waals surface area contributed by atoms with Crippen molar-refractivity contribution in [1.82, 2.24) is 14.9 Å². The van der Waals surface area contributed by atoms with Gasteiger partial charge in [-0.2, -0.15) is 0 Å². The normalized spacial score (nSPS) is 22.5. The zero-order valence-electron chi connectivity index (χ0n) is 11.6. The molecule has 2 aromatic rings. The van der Waals surface area contributed by atoms with Crippen LogP contribution >= 0.6 is 15.9 Å². The van der Waals surface area contributed by atoms with Crippen LogP contribution in [0.15, 0.2) is 29.1 Å². The van der Waals surface area contributed by atoms with Gasteiger partial charge < -0.3 is 5.32 Å². The molecule has 0 radical (unpaired) electrons. The van der Waals surface area contributed by atoms with E-state index in [1.807, 2.05) is 0 Å². The number of imidazole rings is 1. The number of aromatic nitrogens is 2. The number of nitrogens with zero attached hydrogens (tertiary/aromatic N) is 2. The van der Waals surface area contributed by atoms with Crippen LogP contribution in [-0.2, 0) is 0 Å². The number of benzene rings is 1. The molecule has 21 heavy (non-hydrogen) atoms. The highest BCUT2D eigenvalue weighted by atomic mass is 79.9. The Kier molecular flexibility index (Phi) is 4.08. The number of piperidine rings is 1. The average molecular weight is 356 g/mol. The molecule has 1 fully saturated rings. The van der Waals surface area contributed by atoms with Gasteiger partial charge in [0.25, 0.3) is 0 Å². The molecule has 1 saturated heterocycles. The van der Waals surface area contributed by atoms with Crippen molar-refractivity contribution in [2.75, 3.05) is 0 Å². The third kappa shape index (κ3) is 2.87. The molecule has 1 N–H and O–H groups in total. The Morgan fingerprint density at radius 3 is 2.86 bits per heavy atom. The molecule has 2 atom stereocenters. The van der Waals surface area contributed by atoms with Crippen molar-refractivity contribution in [3.05, 3.63) is 46.5 Å². The summed E-state index contributed by atoms with van der Waals surface area (Å²) in [6.07, 6.45) is 6.56. The van der Waals surface area contributed by atoms with E-state index in [1.54, 1.807) is 17.1 Å². The van der Waals surface area contributed by atoms with E-state index < -0.39 is 11.6 Å². The van der Waals surface area contributed by atoms with Gasteiger partial charge in [-0.15, -0.1) is 0 Å². The molecule has 0 spiro atoms. The van der Waals surface area contributed by atoms with Gasteiger partial charge >= 0.3 is 0 Å². The van der Waals surface area contributed by atoms with Crippen molar-refractivity contribution in [2.24, 2.45) is 0 Å². The Morgan fingerprint density at radius 1 is 1.29 bits per heavy atom. The zero-order valence-corrected chi connectivity index (χ0v) is 13.2. The van der Waals surface area contributed by atoms with Gasteiger partial charge in [0.1, 0.15) is 11.6 Å². The molecule has 112 valence electrons. The van der Waals surface area contributed by atoms with Crippen molar-refractivity contribution in [2.45, 2.75) is 38.3 Å². The molecule has 0 saturated carbocycles. The van der Waals surface area contributed by atoms with E-state index in [0.29, 0.717) is 11.7 Å². The van der Waals surface area contributed by atoms with E-state index in [1.165, 1.54) is 6.07 Å². The molecular formula is C15H16BrF2N3. The number of hydrogen-bond donors (Lipinski definition) is 1. The van der Waals surface area contributed by atoms with Gasteiger partial charge in [0.2, 0.25) is 0 Å². The number of halogens is 3. The van der Waals surface area contributed by atoms with Crippen LogP contribution in [0.3, 0.4) is 0 Å². The SMILES string of the molecule is CC1CCCC(c2cncn2-c2cc(Br)c(F)cc2F)N1. The quantitative estimate of drug-likeness (QED) is 0.821. The maximum Gasteiger partial charge on any atom is 0.150 e. The Balaban J connectivity index is 2.01. The topological polar surface area (TPSA) is 29.9 Å². The van der Waals surface area contributed by atoms with Gasteiger partial charge in [-0.3, -0.25) is 4.57 Å². The van der Waals surface area contributed by atoms with E-state index in [-0.39, 0.29) is 10.5 Å². The van der Waals surface area contributed by atoms with Gasteiger partial charge in [-0.1, -0.05) is 0 Å². The maximum absolute atomic E-state index is 14.1. The number of nitrogens with one attached hydrogen (secondary N) is 1. The van der Waals surface area contributed by atoms with Crippen LogP contribution in [0.4, 0.5) is 8.78 Å². The van der Waals surface area contributed by atoms with Gasteiger partial charge in [-0.25, -0.2) is 13.8 Å². The summed E-state index contributed by atoms with van der Waals surface area (Å²) in [5, 5.41) is 3.51. The molecule has 0 amide bonds. The number of rotatable bonds is 2. The maximum atomic E-state index is 14.1. The predicted molar refractivity (Wildman–Crippen MR) is 80.4 cm³/mol. The minimum Gasteiger partial charge on any atom is -0.306 e. The second-order valence-corrected chi connectivity index (χ2v) is 6.31. The van der Waals surface area contributed by atoms with Crippen LogP contribution in [-0.4, -0.2) is 15.6 Å². The molecule has 2 heterocycles. The lowest BCUT2D eigenvalue weighted by Crippen LogP contribution is -2.35. The first kappa shape index (κ1) is 14.7. The Labute approximate surface area is 130 Å². The fourth-order valence-electron chi connectivity index (χ4n) is 2.83. The van der Waals surface area contributed by atoms with Crippen molar-refractivity contribution >= 4 is 15.9 Å². The first-order valence-electron chi connectivity index (χ1n) is 6.99. The largest absolute Gasteiger partial charge is 0.306 e. The summed E-state index contributed by atoms with van der Waals surface area (Å²) >= 11 is 3.10. The molecule has 3 nitrogen and oxygen atoms in total. The van der Waals surface area contributed by atoms with Gasteiger partial charge in [0.15, 0.2) is 0 Å². The van der Waals surface area contributed by atoms with E-state index >= 15 is 0 Å². The summed E-state index contributed by atoms with van der Waals surface area (Å²) in [7, 11) is 0. The smallest absolute Gasteiger partial charge is 0.150 e. The summed E-state index contributed by atoms with van der Waals surface area (Å²) in [6.45, 7) is 2.14. The number of hydrogen-bond acceptors (Lipinski definition) is 2. The Morgan fingerprint density at radius 2 is 2.10 bits per heavy atom. The van der Waals surface area contributed by atoms with Crippen molar-refractivity contribution in [3.8, 4) is 5.69 Å². The summed E-state index contributed by atoms with van der Waals surface area (Å²) in [6, 6.07) is 2.90. The standard InChI is InChI=1S/C15H16BrF2N3/c1-9-3-2-4-13(20-9)15-7-19-8-21(15)14-5-10(16)11(17)6-12(14)18/h5-9,13,20H,2-4H2,1H3. The Hall–Kier alpha value is -1.27. The highest BCUT2D eigenvalue weighted by molar-refractivity contribution is 9.10. The summed E-state index contributed by atoms with van der Waals surface area (Å²) in [5.41, 5.74) is 1.20. The molecule has 0 bridgehead atoms. The minimum atomic E-state index is -0.609. The van der Waals surface area contributed by atoms with Crippen molar-refractivity contribution in [1.29, 1.82) is 0 Å². The first-order valence-corrected chi connectivity index (χ1v) is 7.79. The third-order valence-corrected chi connectivity index (χ3v) is 4.50. The van der Waals surface area contributed by atoms with Gasteiger partial charge in [-0.05, 0) is 48.2 Å². The molecule has 1 aromatic carbocycles. The molecule has 1 aromatic heterocycles. The van der Waals surface area contributed by atoms with E-state index in [2.05, 4.69) is 33.2 Å². The first-order chi connectivity index (χ1) is 10.1. The highest BCUT2D eigenvalue weighted by Gasteiger charge is 2.23. The fraction of sp³-hybridized carbons (Fsp3) is 0.400. The van der Waals surface area contributed by atoms with Crippen LogP contribution in [0.25, 0.3) is 5.69 Å². The van der Waals surface area contributed by atoms with Gasteiger partial charge in [0.05, 0.1) is 28.4 Å². The van der Waals surface area contributed by atoms with Crippen LogP contribution in [0.2, 0.25) is 0 Å². The van der Waals surface area contributed by atoms with Crippen molar-refractivity contribution in [3.63, 3.8) is 0 Å². The minimum absolute atomic E-state index is 0.138. The molecule has 2 unspecified atom stereocenters. The fourth-order valence-corrected chi connectivity index (χ4v) is 3.16. The average Bonchev–Trinajstić information content (AvgIpc) is 2.92. The van der Waals surface area contributed by atoms with Gasteiger partial charge in [0, 0.05) is 18.2 Å². The van der Waals surface area contributed by atoms with E-state index in [0.717, 1.165) is 31.0 Å². The van der Waals surface area contributed by atoms with Crippen LogP contribution in [0.5, 0.6) is 0 Å². The lowest BCUT2D eigenvalue weighted by Gasteiger charge is -2.29. The van der Waals surface area contributed by atoms with E-state index in [9.17, 15) is 8.78 Å². The highest BCUT2D eigenvalue weighted by Crippen LogP contribution is 2.29. The molecular weight excluding hydrogens is 340 g/mol. The molecule has 1 aliphatic heterocycles. The molecule has 6 heteroatoms. The van der Waals surface area contributed by atoms with Crippen LogP contribution in [0.1, 0.15) is 37.9 Å². The Bertz CT molecular complexity index is 656. The third-order valence-electron chi connectivity index (χ3n) is 3.89.